The zero-order chi connectivity index (χ0) is 18.1. The van der Waals surface area contributed by atoms with Crippen LogP contribution in [0.15, 0.2) is 73.2 Å². The molecule has 2 aromatic heterocycles. The maximum atomic E-state index is 5.65. The van der Waals surface area contributed by atoms with E-state index in [0.29, 0.717) is 6.04 Å². The zero-order valence-electron chi connectivity index (χ0n) is 14.9. The summed E-state index contributed by atoms with van der Waals surface area (Å²) in [5.41, 5.74) is 3.39. The van der Waals surface area contributed by atoms with Gasteiger partial charge in [-0.2, -0.15) is 0 Å². The van der Waals surface area contributed by atoms with Crippen LogP contribution in [0.5, 0.6) is 0 Å². The quantitative estimate of drug-likeness (QED) is 0.703. The van der Waals surface area contributed by atoms with Gasteiger partial charge in [0, 0.05) is 30.3 Å². The normalized spacial score (nSPS) is 19.8. The molecule has 1 aromatic carbocycles. The predicted molar refractivity (Wildman–Crippen MR) is 108 cm³/mol. The van der Waals surface area contributed by atoms with Crippen LogP contribution in [-0.4, -0.2) is 25.6 Å². The monoisotopic (exact) mass is 362 g/mol. The van der Waals surface area contributed by atoms with E-state index in [4.69, 9.17) is 12.2 Å². The van der Waals surface area contributed by atoms with Crippen molar-refractivity contribution in [2.24, 2.45) is 0 Å². The molecule has 4 nitrogen and oxygen atoms in total. The summed E-state index contributed by atoms with van der Waals surface area (Å²) in [6, 6.07) is 19.0. The van der Waals surface area contributed by atoms with Crippen LogP contribution in [0.3, 0.4) is 0 Å². The van der Waals surface area contributed by atoms with E-state index in [1.807, 2.05) is 24.4 Å². The Labute approximate surface area is 159 Å². The first-order valence-corrected chi connectivity index (χ1v) is 9.29. The van der Waals surface area contributed by atoms with Crippen molar-refractivity contribution in [1.82, 2.24) is 19.8 Å². The molecule has 3 heterocycles. The van der Waals surface area contributed by atoms with Gasteiger partial charge in [0.25, 0.3) is 0 Å². The number of para-hydroxylation sites is 1. The third-order valence-electron chi connectivity index (χ3n) is 4.80. The maximum Gasteiger partial charge on any atom is 0.170 e. The van der Waals surface area contributed by atoms with Gasteiger partial charge in [0.2, 0.25) is 0 Å². The Bertz CT molecular complexity index is 889. The van der Waals surface area contributed by atoms with Gasteiger partial charge in [0.05, 0.1) is 17.8 Å². The second-order valence-electron chi connectivity index (χ2n) is 6.82. The Morgan fingerprint density at radius 2 is 1.81 bits per heavy atom. The lowest BCUT2D eigenvalue weighted by atomic mass is 9.98. The fourth-order valence-electron chi connectivity index (χ4n) is 3.63. The molecule has 0 radical (unpaired) electrons. The molecule has 5 heteroatoms. The number of pyridine rings is 1. The summed E-state index contributed by atoms with van der Waals surface area (Å²) in [5.74, 6) is 0. The van der Waals surface area contributed by atoms with E-state index in [1.54, 1.807) is 0 Å². The van der Waals surface area contributed by atoms with Gasteiger partial charge in [-0.05, 0) is 62.0 Å². The molecule has 1 N–H and O–H groups in total. The second-order valence-corrected chi connectivity index (χ2v) is 7.20. The van der Waals surface area contributed by atoms with Crippen LogP contribution in [0, 0.1) is 0 Å². The lowest BCUT2D eigenvalue weighted by Gasteiger charge is -2.30. The number of hydrogen-bond acceptors (Lipinski definition) is 2. The second kappa shape index (κ2) is 6.92. The molecule has 1 saturated heterocycles. The average Bonchev–Trinajstić information content (AvgIpc) is 3.27. The first-order valence-electron chi connectivity index (χ1n) is 8.88. The Morgan fingerprint density at radius 3 is 2.50 bits per heavy atom. The van der Waals surface area contributed by atoms with Gasteiger partial charge in [-0.3, -0.25) is 4.98 Å². The SMILES string of the molecule is CC(C)N1C(=S)N[C@@H](c2ccccn2)[C@@H]1c1ccn(-c2ccccc2)c1. The largest absolute Gasteiger partial charge is 0.352 e. The van der Waals surface area contributed by atoms with Crippen LogP contribution in [-0.2, 0) is 0 Å². The fraction of sp³-hybridized carbons (Fsp3) is 0.238. The molecule has 0 spiro atoms. The van der Waals surface area contributed by atoms with E-state index in [9.17, 15) is 0 Å². The summed E-state index contributed by atoms with van der Waals surface area (Å²) >= 11 is 5.65. The lowest BCUT2D eigenvalue weighted by molar-refractivity contribution is 0.269. The van der Waals surface area contributed by atoms with Gasteiger partial charge in [-0.25, -0.2) is 0 Å². The number of aromatic nitrogens is 2. The Hall–Kier alpha value is -2.66. The van der Waals surface area contributed by atoms with Gasteiger partial charge < -0.3 is 14.8 Å². The summed E-state index contributed by atoms with van der Waals surface area (Å²) in [6.45, 7) is 4.35. The van der Waals surface area contributed by atoms with Gasteiger partial charge in [0.15, 0.2) is 5.11 Å². The predicted octanol–water partition coefficient (Wildman–Crippen LogP) is 4.25. The Balaban J connectivity index is 1.75. The molecule has 0 aliphatic carbocycles. The number of thiocarbonyl (C=S) groups is 1. The van der Waals surface area contributed by atoms with Crippen LogP contribution in [0.4, 0.5) is 0 Å². The number of benzene rings is 1. The van der Waals surface area contributed by atoms with Crippen LogP contribution < -0.4 is 5.32 Å². The first-order chi connectivity index (χ1) is 12.6. The van der Waals surface area contributed by atoms with Crippen molar-refractivity contribution < 1.29 is 0 Å². The Kier molecular flexibility index (Phi) is 4.47. The van der Waals surface area contributed by atoms with Gasteiger partial charge in [-0.1, -0.05) is 24.3 Å². The summed E-state index contributed by atoms with van der Waals surface area (Å²) in [5, 5.41) is 4.27. The minimum atomic E-state index is 0.0396. The van der Waals surface area contributed by atoms with Crippen molar-refractivity contribution in [1.29, 1.82) is 0 Å². The molecule has 26 heavy (non-hydrogen) atoms. The Morgan fingerprint density at radius 1 is 1.04 bits per heavy atom. The molecule has 4 rings (SSSR count). The minimum absolute atomic E-state index is 0.0396. The molecular weight excluding hydrogens is 340 g/mol. The molecular formula is C21H22N4S. The zero-order valence-corrected chi connectivity index (χ0v) is 15.7. The molecule has 0 saturated carbocycles. The minimum Gasteiger partial charge on any atom is -0.352 e. The van der Waals surface area contributed by atoms with Crippen LogP contribution in [0.1, 0.15) is 37.2 Å². The average molecular weight is 363 g/mol. The topological polar surface area (TPSA) is 33.1 Å². The lowest BCUT2D eigenvalue weighted by Crippen LogP contribution is -2.35. The van der Waals surface area contributed by atoms with E-state index in [-0.39, 0.29) is 12.1 Å². The maximum absolute atomic E-state index is 5.65. The highest BCUT2D eigenvalue weighted by Gasteiger charge is 2.41. The highest BCUT2D eigenvalue weighted by atomic mass is 32.1. The fourth-order valence-corrected chi connectivity index (χ4v) is 4.08. The van der Waals surface area contributed by atoms with E-state index in [2.05, 4.69) is 82.4 Å². The summed E-state index contributed by atoms with van der Waals surface area (Å²) in [7, 11) is 0. The number of rotatable bonds is 4. The highest BCUT2D eigenvalue weighted by molar-refractivity contribution is 7.80. The molecule has 0 unspecified atom stereocenters. The smallest absolute Gasteiger partial charge is 0.170 e. The first kappa shape index (κ1) is 16.8. The van der Waals surface area contributed by atoms with E-state index < -0.39 is 0 Å². The van der Waals surface area contributed by atoms with E-state index in [1.165, 1.54) is 5.56 Å². The number of nitrogens with one attached hydrogen (secondary N) is 1. The molecule has 0 amide bonds. The van der Waals surface area contributed by atoms with Crippen LogP contribution >= 0.6 is 12.2 Å². The molecule has 3 aromatic rings. The van der Waals surface area contributed by atoms with Gasteiger partial charge in [0.1, 0.15) is 0 Å². The molecule has 1 aliphatic rings. The number of nitrogens with zero attached hydrogens (tertiary/aromatic N) is 3. The molecule has 132 valence electrons. The van der Waals surface area contributed by atoms with Crippen LogP contribution in [0.2, 0.25) is 0 Å². The molecule has 1 aliphatic heterocycles. The van der Waals surface area contributed by atoms with E-state index in [0.717, 1.165) is 16.5 Å². The van der Waals surface area contributed by atoms with Crippen molar-refractivity contribution in [2.75, 3.05) is 0 Å². The van der Waals surface area contributed by atoms with Crippen molar-refractivity contribution in [2.45, 2.75) is 32.0 Å². The third kappa shape index (κ3) is 2.99. The molecule has 2 atom stereocenters. The standard InChI is InChI=1S/C21H22N4S/c1-15(2)25-20(19(23-21(25)26)18-10-6-7-12-22-18)16-11-13-24(14-16)17-8-4-3-5-9-17/h3-15,19-20H,1-2H3,(H,23,26)/t19-,20-/m0/s1. The number of hydrogen-bond donors (Lipinski definition) is 1. The van der Waals surface area contributed by atoms with Gasteiger partial charge >= 0.3 is 0 Å². The van der Waals surface area contributed by atoms with Crippen molar-refractivity contribution in [3.05, 3.63) is 84.4 Å². The summed E-state index contributed by atoms with van der Waals surface area (Å²) < 4.78 is 2.16. The molecule has 0 bridgehead atoms. The van der Waals surface area contributed by atoms with Crippen molar-refractivity contribution >= 4 is 17.3 Å². The molecule has 1 fully saturated rings. The third-order valence-corrected chi connectivity index (χ3v) is 5.13. The van der Waals surface area contributed by atoms with Gasteiger partial charge in [-0.15, -0.1) is 0 Å². The van der Waals surface area contributed by atoms with E-state index >= 15 is 0 Å². The van der Waals surface area contributed by atoms with Crippen molar-refractivity contribution in [3.8, 4) is 5.69 Å². The highest BCUT2D eigenvalue weighted by Crippen LogP contribution is 2.40. The van der Waals surface area contributed by atoms with Crippen molar-refractivity contribution in [3.63, 3.8) is 0 Å². The summed E-state index contributed by atoms with van der Waals surface area (Å²) in [6.07, 6.45) is 6.14. The van der Waals surface area contributed by atoms with Crippen LogP contribution in [0.25, 0.3) is 5.69 Å². The summed E-state index contributed by atoms with van der Waals surface area (Å²) in [4.78, 5) is 6.85.